The molecule has 62 heavy (non-hydrogen) atoms. The summed E-state index contributed by atoms with van der Waals surface area (Å²) in [7, 11) is 0. The number of para-hydroxylation sites is 3. The van der Waals surface area contributed by atoms with Crippen LogP contribution in [-0.2, 0) is 0 Å². The zero-order chi connectivity index (χ0) is 41.2. The highest BCUT2D eigenvalue weighted by Crippen LogP contribution is 2.50. The van der Waals surface area contributed by atoms with Gasteiger partial charge in [-0.25, -0.2) is 0 Å². The Bertz CT molecular complexity index is 3330. The Kier molecular flexibility index (Phi) is 9.57. The highest BCUT2D eigenvalue weighted by molar-refractivity contribution is 6.18. The summed E-state index contributed by atoms with van der Waals surface area (Å²) in [6.45, 7) is 0. The molecule has 11 rings (SSSR count). The van der Waals surface area contributed by atoms with Crippen LogP contribution in [-0.4, -0.2) is 4.57 Å². The number of nitrogens with zero attached hydrogens (tertiary/aromatic N) is 2. The molecule has 292 valence electrons. The normalized spacial score (nSPS) is 11.2. The SMILES string of the molecule is c1ccc(-c2ccc(-c3ccccc3)c(-n3c4ccccc4c4c(N(c5ccccc5-c5ccccc5)c5ccccc5-c5ccccc5-c5ccccc5)cccc43)c2)cc1. The van der Waals surface area contributed by atoms with Crippen molar-refractivity contribution in [3.8, 4) is 61.3 Å². The van der Waals surface area contributed by atoms with Crippen molar-refractivity contribution in [1.82, 2.24) is 4.57 Å². The fourth-order valence-electron chi connectivity index (χ4n) is 9.24. The van der Waals surface area contributed by atoms with Crippen molar-refractivity contribution in [3.05, 3.63) is 255 Å². The quantitative estimate of drug-likeness (QED) is 0.141. The van der Waals surface area contributed by atoms with Gasteiger partial charge in [0.15, 0.2) is 0 Å². The van der Waals surface area contributed by atoms with Crippen molar-refractivity contribution < 1.29 is 0 Å². The lowest BCUT2D eigenvalue weighted by atomic mass is 9.92. The predicted molar refractivity (Wildman–Crippen MR) is 263 cm³/mol. The van der Waals surface area contributed by atoms with E-state index in [1.807, 2.05) is 0 Å². The topological polar surface area (TPSA) is 8.17 Å². The van der Waals surface area contributed by atoms with Gasteiger partial charge in [0, 0.05) is 27.5 Å². The minimum absolute atomic E-state index is 1.10. The Hall–Kier alpha value is -8.20. The summed E-state index contributed by atoms with van der Waals surface area (Å²) in [5.41, 5.74) is 18.4. The van der Waals surface area contributed by atoms with Gasteiger partial charge in [0.1, 0.15) is 0 Å². The Morgan fingerprint density at radius 3 is 1.37 bits per heavy atom. The lowest BCUT2D eigenvalue weighted by molar-refractivity contribution is 1.18. The Labute approximate surface area is 362 Å². The standard InChI is InChI=1S/C60H42N2/c1-5-22-43(23-6-1)47-40-41-50(46-28-11-4-12-29-46)59(42-47)62-56-37-20-17-34-53(56)60-57(38-21-39-58(60)62)61(54-35-18-15-31-49(54)45-26-9-3-10-27-45)55-36-19-16-33-52(55)51-32-14-13-30-48(51)44-24-7-2-8-25-44/h1-42H. The molecule has 0 saturated carbocycles. The minimum Gasteiger partial charge on any atom is -0.309 e. The lowest BCUT2D eigenvalue weighted by Crippen LogP contribution is -2.13. The monoisotopic (exact) mass is 790 g/mol. The molecule has 0 unspecified atom stereocenters. The van der Waals surface area contributed by atoms with Crippen molar-refractivity contribution in [2.24, 2.45) is 0 Å². The molecule has 0 atom stereocenters. The smallest absolute Gasteiger partial charge is 0.0562 e. The van der Waals surface area contributed by atoms with Crippen LogP contribution in [0.5, 0.6) is 0 Å². The van der Waals surface area contributed by atoms with E-state index in [2.05, 4.69) is 264 Å². The van der Waals surface area contributed by atoms with E-state index in [9.17, 15) is 0 Å². The fraction of sp³-hybridized carbons (Fsp3) is 0. The number of benzene rings is 10. The van der Waals surface area contributed by atoms with E-state index in [1.54, 1.807) is 0 Å². The van der Waals surface area contributed by atoms with Crippen LogP contribution in [0.15, 0.2) is 255 Å². The molecule has 10 aromatic carbocycles. The third-order valence-electron chi connectivity index (χ3n) is 12.0. The molecule has 2 nitrogen and oxygen atoms in total. The summed E-state index contributed by atoms with van der Waals surface area (Å²) in [6.07, 6.45) is 0. The third-order valence-corrected chi connectivity index (χ3v) is 12.0. The second kappa shape index (κ2) is 16.1. The first kappa shape index (κ1) is 36.8. The van der Waals surface area contributed by atoms with Crippen LogP contribution in [0.1, 0.15) is 0 Å². The van der Waals surface area contributed by atoms with Crippen LogP contribution >= 0.6 is 0 Å². The molecule has 0 aliphatic carbocycles. The van der Waals surface area contributed by atoms with Crippen LogP contribution < -0.4 is 4.90 Å². The van der Waals surface area contributed by atoms with E-state index in [1.165, 1.54) is 49.7 Å². The van der Waals surface area contributed by atoms with Gasteiger partial charge in [-0.3, -0.25) is 0 Å². The number of rotatable bonds is 9. The van der Waals surface area contributed by atoms with Gasteiger partial charge in [0.05, 0.1) is 33.8 Å². The molecule has 1 aromatic heterocycles. The van der Waals surface area contributed by atoms with Crippen LogP contribution in [0.4, 0.5) is 17.1 Å². The van der Waals surface area contributed by atoms with Gasteiger partial charge >= 0.3 is 0 Å². The summed E-state index contributed by atoms with van der Waals surface area (Å²) < 4.78 is 2.49. The van der Waals surface area contributed by atoms with Crippen molar-refractivity contribution in [2.45, 2.75) is 0 Å². The highest BCUT2D eigenvalue weighted by Gasteiger charge is 2.26. The van der Waals surface area contributed by atoms with Gasteiger partial charge in [-0.1, -0.05) is 218 Å². The number of fused-ring (bicyclic) bond motifs is 3. The summed E-state index contributed by atoms with van der Waals surface area (Å²) in [4.78, 5) is 2.51. The van der Waals surface area contributed by atoms with Gasteiger partial charge < -0.3 is 9.47 Å². The first-order valence-electron chi connectivity index (χ1n) is 21.3. The maximum atomic E-state index is 2.51. The number of hydrogen-bond donors (Lipinski definition) is 0. The molecule has 0 aliphatic rings. The zero-order valence-electron chi connectivity index (χ0n) is 34.1. The van der Waals surface area contributed by atoms with Gasteiger partial charge in [-0.2, -0.15) is 0 Å². The average molecular weight is 791 g/mol. The van der Waals surface area contributed by atoms with Crippen LogP contribution in [0.3, 0.4) is 0 Å². The highest BCUT2D eigenvalue weighted by atomic mass is 15.2. The molecule has 0 spiro atoms. The van der Waals surface area contributed by atoms with Crippen LogP contribution in [0.25, 0.3) is 83.1 Å². The predicted octanol–water partition coefficient (Wildman–Crippen LogP) is 16.6. The Balaban J connectivity index is 1.23. The number of hydrogen-bond acceptors (Lipinski definition) is 1. The van der Waals surface area contributed by atoms with Crippen LogP contribution in [0, 0.1) is 0 Å². The molecule has 0 aliphatic heterocycles. The summed E-state index contributed by atoms with van der Waals surface area (Å²) in [6, 6.07) is 92.2. The number of anilines is 3. The van der Waals surface area contributed by atoms with Crippen molar-refractivity contribution >= 4 is 38.9 Å². The second-order valence-corrected chi connectivity index (χ2v) is 15.6. The molecule has 0 saturated heterocycles. The maximum Gasteiger partial charge on any atom is 0.0562 e. The number of aromatic nitrogens is 1. The van der Waals surface area contributed by atoms with E-state index >= 15 is 0 Å². The molecule has 11 aromatic rings. The molecule has 1 heterocycles. The van der Waals surface area contributed by atoms with E-state index in [-0.39, 0.29) is 0 Å². The maximum absolute atomic E-state index is 2.51. The van der Waals surface area contributed by atoms with Crippen LogP contribution in [0.2, 0.25) is 0 Å². The average Bonchev–Trinajstić information content (AvgIpc) is 3.70. The van der Waals surface area contributed by atoms with Crippen molar-refractivity contribution in [2.75, 3.05) is 4.90 Å². The summed E-state index contributed by atoms with van der Waals surface area (Å²) >= 11 is 0. The lowest BCUT2D eigenvalue weighted by Gasteiger charge is -2.31. The van der Waals surface area contributed by atoms with Gasteiger partial charge in [0.2, 0.25) is 0 Å². The molecular weight excluding hydrogens is 749 g/mol. The van der Waals surface area contributed by atoms with Gasteiger partial charge in [-0.05, 0) is 75.3 Å². The molecule has 0 fully saturated rings. The van der Waals surface area contributed by atoms with E-state index < -0.39 is 0 Å². The molecule has 0 amide bonds. The van der Waals surface area contributed by atoms with Crippen molar-refractivity contribution in [1.29, 1.82) is 0 Å². The fourth-order valence-corrected chi connectivity index (χ4v) is 9.24. The first-order valence-corrected chi connectivity index (χ1v) is 21.3. The third kappa shape index (κ3) is 6.56. The molecule has 0 radical (unpaired) electrons. The summed E-state index contributed by atoms with van der Waals surface area (Å²) in [5, 5.41) is 2.37. The Morgan fingerprint density at radius 1 is 0.258 bits per heavy atom. The first-order chi connectivity index (χ1) is 30.8. The van der Waals surface area contributed by atoms with Gasteiger partial charge in [-0.15, -0.1) is 0 Å². The Morgan fingerprint density at radius 2 is 0.710 bits per heavy atom. The minimum atomic E-state index is 1.10. The van der Waals surface area contributed by atoms with E-state index in [0.29, 0.717) is 0 Å². The molecule has 0 bridgehead atoms. The molecular formula is C60H42N2. The summed E-state index contributed by atoms with van der Waals surface area (Å²) in [5.74, 6) is 0. The van der Waals surface area contributed by atoms with E-state index in [4.69, 9.17) is 0 Å². The van der Waals surface area contributed by atoms with Crippen molar-refractivity contribution in [3.63, 3.8) is 0 Å². The largest absolute Gasteiger partial charge is 0.309 e. The molecule has 0 N–H and O–H groups in total. The van der Waals surface area contributed by atoms with Gasteiger partial charge in [0.25, 0.3) is 0 Å². The molecule has 2 heteroatoms. The second-order valence-electron chi connectivity index (χ2n) is 15.6. The van der Waals surface area contributed by atoms with E-state index in [0.717, 1.165) is 50.5 Å². The zero-order valence-corrected chi connectivity index (χ0v) is 34.1.